The Morgan fingerprint density at radius 3 is 2.72 bits per heavy atom. The number of amides is 1. The van der Waals surface area contributed by atoms with Crippen molar-refractivity contribution in [3.05, 3.63) is 38.3 Å². The molecule has 0 aliphatic rings. The summed E-state index contributed by atoms with van der Waals surface area (Å²) in [6.45, 7) is 3.70. The molecule has 94 valence electrons. The summed E-state index contributed by atoms with van der Waals surface area (Å²) in [6, 6.07) is 5.34. The molecule has 1 amide bonds. The summed E-state index contributed by atoms with van der Waals surface area (Å²) in [7, 11) is 0. The molecule has 0 radical (unpaired) electrons. The molecule has 0 fully saturated rings. The average molecular weight is 326 g/mol. The molecule has 0 spiro atoms. The third-order valence-electron chi connectivity index (χ3n) is 2.37. The van der Waals surface area contributed by atoms with Crippen molar-refractivity contribution in [2.24, 2.45) is 0 Å². The Morgan fingerprint density at radius 2 is 2.17 bits per heavy atom. The van der Waals surface area contributed by atoms with Gasteiger partial charge in [0.2, 0.25) is 0 Å². The first-order valence-corrected chi connectivity index (χ1v) is 6.88. The molecule has 2 rings (SSSR count). The number of nitrogens with zero attached hydrogens (tertiary/aromatic N) is 1. The predicted molar refractivity (Wildman–Crippen MR) is 78.1 cm³/mol. The molecule has 1 aromatic carbocycles. The van der Waals surface area contributed by atoms with E-state index in [9.17, 15) is 4.79 Å². The number of hydrogen-bond donors (Lipinski definition) is 2. The molecule has 4 nitrogen and oxygen atoms in total. The third-order valence-corrected chi connectivity index (χ3v) is 3.94. The van der Waals surface area contributed by atoms with Crippen molar-refractivity contribution in [2.45, 2.75) is 13.8 Å². The van der Waals surface area contributed by atoms with Crippen molar-refractivity contribution in [1.82, 2.24) is 4.98 Å². The van der Waals surface area contributed by atoms with Crippen LogP contribution >= 0.6 is 27.3 Å². The van der Waals surface area contributed by atoms with E-state index in [2.05, 4.69) is 26.2 Å². The lowest BCUT2D eigenvalue weighted by atomic mass is 10.2. The van der Waals surface area contributed by atoms with Gasteiger partial charge in [-0.2, -0.15) is 0 Å². The molecule has 1 aromatic heterocycles. The Kier molecular flexibility index (Phi) is 3.68. The second kappa shape index (κ2) is 5.07. The minimum absolute atomic E-state index is 0.174. The van der Waals surface area contributed by atoms with Gasteiger partial charge in [-0.15, -0.1) is 11.3 Å². The molecule has 0 saturated heterocycles. The van der Waals surface area contributed by atoms with Crippen LogP contribution in [0.1, 0.15) is 20.4 Å². The second-order valence-corrected chi connectivity index (χ2v) is 5.95. The number of carbonyl (C=O) groups is 1. The van der Waals surface area contributed by atoms with E-state index < -0.39 is 0 Å². The molecule has 18 heavy (non-hydrogen) atoms. The number of carbonyl (C=O) groups excluding carboxylic acids is 1. The van der Waals surface area contributed by atoms with Crippen LogP contribution in [0.4, 0.5) is 11.4 Å². The number of nitrogens with one attached hydrogen (secondary N) is 1. The minimum atomic E-state index is -0.174. The number of nitrogen functional groups attached to an aromatic ring is 1. The zero-order valence-corrected chi connectivity index (χ0v) is 12.4. The number of aryl methyl sites for hydroxylation is 2. The summed E-state index contributed by atoms with van der Waals surface area (Å²) in [5, 5.41) is 3.67. The van der Waals surface area contributed by atoms with Crippen molar-refractivity contribution < 1.29 is 4.79 Å². The van der Waals surface area contributed by atoms with Crippen LogP contribution in [0, 0.1) is 13.8 Å². The molecule has 6 heteroatoms. The number of aromatic nitrogens is 1. The van der Waals surface area contributed by atoms with Gasteiger partial charge in [-0.1, -0.05) is 15.9 Å². The lowest BCUT2D eigenvalue weighted by molar-refractivity contribution is 0.103. The van der Waals surface area contributed by atoms with Crippen LogP contribution in [0.2, 0.25) is 0 Å². The summed E-state index contributed by atoms with van der Waals surface area (Å²) in [5.74, 6) is -0.174. The second-order valence-electron chi connectivity index (χ2n) is 3.83. The average Bonchev–Trinajstić information content (AvgIpc) is 2.62. The molecule has 0 aliphatic heterocycles. The first-order valence-electron chi connectivity index (χ1n) is 5.28. The van der Waals surface area contributed by atoms with Gasteiger partial charge in [-0.3, -0.25) is 4.79 Å². The fourth-order valence-electron chi connectivity index (χ4n) is 1.57. The van der Waals surface area contributed by atoms with Crippen LogP contribution < -0.4 is 11.1 Å². The maximum atomic E-state index is 12.1. The van der Waals surface area contributed by atoms with E-state index >= 15 is 0 Å². The fraction of sp³-hybridized carbons (Fsp3) is 0.167. The number of anilines is 2. The highest BCUT2D eigenvalue weighted by atomic mass is 79.9. The first-order chi connectivity index (χ1) is 8.47. The number of nitrogens with two attached hydrogens (primary N) is 1. The molecule has 0 saturated carbocycles. The molecule has 0 aliphatic carbocycles. The van der Waals surface area contributed by atoms with E-state index in [4.69, 9.17) is 5.73 Å². The third kappa shape index (κ3) is 2.70. The lowest BCUT2D eigenvalue weighted by Gasteiger charge is -2.07. The number of benzene rings is 1. The van der Waals surface area contributed by atoms with Gasteiger partial charge in [0, 0.05) is 4.47 Å². The maximum absolute atomic E-state index is 12.1. The van der Waals surface area contributed by atoms with Crippen LogP contribution in [0.5, 0.6) is 0 Å². The molecule has 3 N–H and O–H groups in total. The summed E-state index contributed by atoms with van der Waals surface area (Å²) >= 11 is 4.70. The summed E-state index contributed by atoms with van der Waals surface area (Å²) < 4.78 is 0.878. The summed E-state index contributed by atoms with van der Waals surface area (Å²) in [4.78, 5) is 16.9. The van der Waals surface area contributed by atoms with Crippen molar-refractivity contribution in [1.29, 1.82) is 0 Å². The molecular formula is C12H12BrN3OS. The summed E-state index contributed by atoms with van der Waals surface area (Å²) in [6.07, 6.45) is 0. The Hall–Kier alpha value is -1.40. The zero-order valence-electron chi connectivity index (χ0n) is 9.95. The van der Waals surface area contributed by atoms with Gasteiger partial charge < -0.3 is 11.1 Å². The van der Waals surface area contributed by atoms with E-state index in [1.54, 1.807) is 12.1 Å². The predicted octanol–water partition coefficient (Wildman–Crippen LogP) is 3.36. The number of hydrogen-bond acceptors (Lipinski definition) is 4. The van der Waals surface area contributed by atoms with Crippen molar-refractivity contribution >= 4 is 44.5 Å². The van der Waals surface area contributed by atoms with Crippen LogP contribution in [0.25, 0.3) is 0 Å². The Labute approximate surface area is 117 Å². The van der Waals surface area contributed by atoms with Gasteiger partial charge >= 0.3 is 0 Å². The smallest absolute Gasteiger partial charge is 0.267 e. The topological polar surface area (TPSA) is 68.0 Å². The molecule has 0 bridgehead atoms. The first kappa shape index (κ1) is 13.0. The minimum Gasteiger partial charge on any atom is -0.397 e. The van der Waals surface area contributed by atoms with Gasteiger partial charge in [0.15, 0.2) is 0 Å². The largest absolute Gasteiger partial charge is 0.397 e. The van der Waals surface area contributed by atoms with E-state index in [1.165, 1.54) is 11.3 Å². The highest BCUT2D eigenvalue weighted by Gasteiger charge is 2.14. The quantitative estimate of drug-likeness (QED) is 0.832. The van der Waals surface area contributed by atoms with Crippen molar-refractivity contribution in [2.75, 3.05) is 11.1 Å². The van der Waals surface area contributed by atoms with E-state index in [1.807, 2.05) is 19.9 Å². The van der Waals surface area contributed by atoms with Crippen molar-refractivity contribution in [3.8, 4) is 0 Å². The van der Waals surface area contributed by atoms with Gasteiger partial charge in [-0.25, -0.2) is 4.98 Å². The normalized spacial score (nSPS) is 10.4. The molecule has 0 atom stereocenters. The molecule has 1 heterocycles. The zero-order chi connectivity index (χ0) is 13.3. The SMILES string of the molecule is Cc1nc(C)c(C(=O)Nc2ccc(Br)cc2N)s1. The van der Waals surface area contributed by atoms with Crippen LogP contribution in [0.15, 0.2) is 22.7 Å². The van der Waals surface area contributed by atoms with Gasteiger partial charge in [0.25, 0.3) is 5.91 Å². The fourth-order valence-corrected chi connectivity index (χ4v) is 2.76. The van der Waals surface area contributed by atoms with E-state index in [0.29, 0.717) is 16.3 Å². The lowest BCUT2D eigenvalue weighted by Crippen LogP contribution is -2.12. The van der Waals surface area contributed by atoms with Gasteiger partial charge in [0.05, 0.1) is 22.1 Å². The van der Waals surface area contributed by atoms with Crippen LogP contribution in [-0.2, 0) is 0 Å². The van der Waals surface area contributed by atoms with E-state index in [-0.39, 0.29) is 5.91 Å². The van der Waals surface area contributed by atoms with E-state index in [0.717, 1.165) is 15.2 Å². The van der Waals surface area contributed by atoms with Crippen LogP contribution in [0.3, 0.4) is 0 Å². The number of rotatable bonds is 2. The van der Waals surface area contributed by atoms with Gasteiger partial charge in [-0.05, 0) is 32.0 Å². The highest BCUT2D eigenvalue weighted by Crippen LogP contribution is 2.25. The number of thiazole rings is 1. The molecular weight excluding hydrogens is 314 g/mol. The highest BCUT2D eigenvalue weighted by molar-refractivity contribution is 9.10. The Morgan fingerprint density at radius 1 is 1.44 bits per heavy atom. The molecule has 2 aromatic rings. The molecule has 0 unspecified atom stereocenters. The monoisotopic (exact) mass is 325 g/mol. The number of halogens is 1. The standard InChI is InChI=1S/C12H12BrN3OS/c1-6-11(18-7(2)15-6)12(17)16-10-4-3-8(13)5-9(10)14/h3-5H,14H2,1-2H3,(H,16,17). The van der Waals surface area contributed by atoms with Crippen LogP contribution in [-0.4, -0.2) is 10.9 Å². The Bertz CT molecular complexity index is 609. The maximum Gasteiger partial charge on any atom is 0.267 e. The van der Waals surface area contributed by atoms with Gasteiger partial charge in [0.1, 0.15) is 4.88 Å². The summed E-state index contributed by atoms with van der Waals surface area (Å²) in [5.41, 5.74) is 7.71. The Balaban J connectivity index is 2.24. The van der Waals surface area contributed by atoms with Crippen molar-refractivity contribution in [3.63, 3.8) is 0 Å².